The van der Waals surface area contributed by atoms with E-state index in [1.54, 1.807) is 35.8 Å². The van der Waals surface area contributed by atoms with E-state index in [0.29, 0.717) is 11.3 Å². The SMILES string of the molecule is Cc1ccsc1/C=N\NC(=O)COc1ccc2c(C)cc(=O)oc2c1. The summed E-state index contributed by atoms with van der Waals surface area (Å²) in [6.45, 7) is 3.62. The molecule has 3 rings (SSSR count). The van der Waals surface area contributed by atoms with E-state index in [4.69, 9.17) is 9.15 Å². The van der Waals surface area contributed by atoms with E-state index in [9.17, 15) is 9.59 Å². The van der Waals surface area contributed by atoms with Crippen LogP contribution in [0.15, 0.2) is 50.0 Å². The third-order valence-corrected chi connectivity index (χ3v) is 4.52. The van der Waals surface area contributed by atoms with E-state index in [1.807, 2.05) is 25.3 Å². The Bertz CT molecular complexity index is 1000. The molecule has 0 atom stereocenters. The third-order valence-electron chi connectivity index (χ3n) is 3.57. The van der Waals surface area contributed by atoms with Crippen LogP contribution in [0.1, 0.15) is 16.0 Å². The van der Waals surface area contributed by atoms with Crippen LogP contribution in [0.5, 0.6) is 5.75 Å². The highest BCUT2D eigenvalue weighted by Gasteiger charge is 2.06. The fourth-order valence-corrected chi connectivity index (χ4v) is 3.04. The molecule has 2 heterocycles. The first-order valence-electron chi connectivity index (χ1n) is 7.56. The van der Waals surface area contributed by atoms with Gasteiger partial charge in [0.2, 0.25) is 0 Å². The highest BCUT2D eigenvalue weighted by Crippen LogP contribution is 2.22. The lowest BCUT2D eigenvalue weighted by Crippen LogP contribution is -2.24. The summed E-state index contributed by atoms with van der Waals surface area (Å²) in [7, 11) is 0. The number of amides is 1. The molecule has 2 aromatic heterocycles. The highest BCUT2D eigenvalue weighted by atomic mass is 32.1. The van der Waals surface area contributed by atoms with Gasteiger partial charge in [-0.1, -0.05) is 0 Å². The van der Waals surface area contributed by atoms with Gasteiger partial charge in [0.25, 0.3) is 5.91 Å². The van der Waals surface area contributed by atoms with Crippen LogP contribution in [0.25, 0.3) is 11.0 Å². The number of hydrogen-bond acceptors (Lipinski definition) is 6. The first kappa shape index (κ1) is 16.9. The average molecular weight is 356 g/mol. The van der Waals surface area contributed by atoms with E-state index in [2.05, 4.69) is 10.5 Å². The van der Waals surface area contributed by atoms with Crippen LogP contribution < -0.4 is 15.8 Å². The van der Waals surface area contributed by atoms with Crippen molar-refractivity contribution in [3.63, 3.8) is 0 Å². The average Bonchev–Trinajstić information content (AvgIpc) is 2.97. The molecule has 25 heavy (non-hydrogen) atoms. The molecule has 0 aliphatic heterocycles. The minimum atomic E-state index is -0.418. The quantitative estimate of drug-likeness (QED) is 0.433. The number of fused-ring (bicyclic) bond motifs is 1. The lowest BCUT2D eigenvalue weighted by molar-refractivity contribution is -0.123. The van der Waals surface area contributed by atoms with Gasteiger partial charge in [-0.25, -0.2) is 10.2 Å². The number of rotatable bonds is 5. The van der Waals surface area contributed by atoms with Gasteiger partial charge >= 0.3 is 5.63 Å². The Morgan fingerprint density at radius 3 is 2.88 bits per heavy atom. The van der Waals surface area contributed by atoms with Crippen LogP contribution in [0.4, 0.5) is 0 Å². The van der Waals surface area contributed by atoms with E-state index in [-0.39, 0.29) is 12.5 Å². The molecule has 0 spiro atoms. The summed E-state index contributed by atoms with van der Waals surface area (Å²) in [4.78, 5) is 24.2. The van der Waals surface area contributed by atoms with Gasteiger partial charge in [-0.2, -0.15) is 5.10 Å². The largest absolute Gasteiger partial charge is 0.484 e. The van der Waals surface area contributed by atoms with E-state index < -0.39 is 5.63 Å². The fourth-order valence-electron chi connectivity index (χ4n) is 2.26. The molecule has 0 bridgehead atoms. The van der Waals surface area contributed by atoms with Gasteiger partial charge in [-0.15, -0.1) is 11.3 Å². The summed E-state index contributed by atoms with van der Waals surface area (Å²) in [5.41, 5.74) is 4.35. The van der Waals surface area contributed by atoms with Crippen molar-refractivity contribution in [2.45, 2.75) is 13.8 Å². The number of thiophene rings is 1. The van der Waals surface area contributed by atoms with Crippen molar-refractivity contribution in [3.05, 3.63) is 62.1 Å². The second-order valence-corrected chi connectivity index (χ2v) is 6.40. The number of hydrogen-bond donors (Lipinski definition) is 1. The second-order valence-electron chi connectivity index (χ2n) is 5.46. The molecular formula is C18H16N2O4S. The number of benzene rings is 1. The molecular weight excluding hydrogens is 340 g/mol. The monoisotopic (exact) mass is 356 g/mol. The first-order valence-corrected chi connectivity index (χ1v) is 8.44. The molecule has 3 aromatic rings. The zero-order valence-electron chi connectivity index (χ0n) is 13.7. The summed E-state index contributed by atoms with van der Waals surface area (Å²) in [6, 6.07) is 8.52. The van der Waals surface area contributed by atoms with Crippen LogP contribution in [-0.4, -0.2) is 18.7 Å². The smallest absolute Gasteiger partial charge is 0.336 e. The van der Waals surface area contributed by atoms with Crippen LogP contribution in [0.2, 0.25) is 0 Å². The molecule has 0 saturated carbocycles. The predicted octanol–water partition coefficient (Wildman–Crippen LogP) is 3.00. The standard InChI is InChI=1S/C18H16N2O4S/c1-11-5-6-25-16(11)9-19-20-17(21)10-23-13-3-4-14-12(2)7-18(22)24-15(14)8-13/h3-9H,10H2,1-2H3,(H,20,21)/b19-9-. The van der Waals surface area contributed by atoms with Crippen LogP contribution >= 0.6 is 11.3 Å². The maximum absolute atomic E-state index is 11.8. The second kappa shape index (κ2) is 7.31. The molecule has 6 nitrogen and oxygen atoms in total. The Hall–Kier alpha value is -2.93. The highest BCUT2D eigenvalue weighted by molar-refractivity contribution is 7.11. The normalized spacial score (nSPS) is 11.1. The summed E-state index contributed by atoms with van der Waals surface area (Å²) in [5.74, 6) is 0.0609. The number of hydrazone groups is 1. The zero-order valence-corrected chi connectivity index (χ0v) is 14.6. The van der Waals surface area contributed by atoms with Crippen molar-refractivity contribution < 1.29 is 13.9 Å². The Morgan fingerprint density at radius 2 is 2.12 bits per heavy atom. The molecule has 0 fully saturated rings. The van der Waals surface area contributed by atoms with Gasteiger partial charge in [0.1, 0.15) is 11.3 Å². The molecule has 1 N–H and O–H groups in total. The van der Waals surface area contributed by atoms with Gasteiger partial charge in [-0.05, 0) is 48.6 Å². The molecule has 1 aromatic carbocycles. The number of carbonyl (C=O) groups is 1. The summed E-state index contributed by atoms with van der Waals surface area (Å²) < 4.78 is 10.6. The Kier molecular flexibility index (Phi) is 4.95. The molecule has 0 saturated heterocycles. The van der Waals surface area contributed by atoms with Crippen molar-refractivity contribution in [3.8, 4) is 5.75 Å². The minimum absolute atomic E-state index is 0.192. The van der Waals surface area contributed by atoms with Gasteiger partial charge in [0.15, 0.2) is 6.61 Å². The van der Waals surface area contributed by atoms with Gasteiger partial charge in [0, 0.05) is 22.4 Å². The predicted molar refractivity (Wildman–Crippen MR) is 97.5 cm³/mol. The Morgan fingerprint density at radius 1 is 1.28 bits per heavy atom. The first-order chi connectivity index (χ1) is 12.0. The van der Waals surface area contributed by atoms with Crippen LogP contribution in [0, 0.1) is 13.8 Å². The number of ether oxygens (including phenoxy) is 1. The Balaban J connectivity index is 1.60. The number of aryl methyl sites for hydroxylation is 2. The van der Waals surface area contributed by atoms with Gasteiger partial charge in [0.05, 0.1) is 6.21 Å². The lowest BCUT2D eigenvalue weighted by Gasteiger charge is -2.06. The van der Waals surface area contributed by atoms with E-state index in [1.165, 1.54) is 6.07 Å². The summed E-state index contributed by atoms with van der Waals surface area (Å²) in [5, 5.41) is 6.69. The van der Waals surface area contributed by atoms with Gasteiger partial charge in [-0.3, -0.25) is 4.79 Å². The maximum Gasteiger partial charge on any atom is 0.336 e. The van der Waals surface area contributed by atoms with Crippen molar-refractivity contribution in [2.24, 2.45) is 5.10 Å². The molecule has 128 valence electrons. The van der Waals surface area contributed by atoms with Crippen molar-refractivity contribution >= 4 is 34.4 Å². The number of nitrogens with zero attached hydrogens (tertiary/aromatic N) is 1. The van der Waals surface area contributed by atoms with Crippen molar-refractivity contribution in [1.29, 1.82) is 0 Å². The topological polar surface area (TPSA) is 80.9 Å². The maximum atomic E-state index is 11.8. The molecule has 0 aliphatic carbocycles. The van der Waals surface area contributed by atoms with Crippen molar-refractivity contribution in [1.82, 2.24) is 5.43 Å². The van der Waals surface area contributed by atoms with Crippen LogP contribution in [0.3, 0.4) is 0 Å². The minimum Gasteiger partial charge on any atom is -0.484 e. The fraction of sp³-hybridized carbons (Fsp3) is 0.167. The van der Waals surface area contributed by atoms with Gasteiger partial charge < -0.3 is 9.15 Å². The van der Waals surface area contributed by atoms with Crippen LogP contribution in [-0.2, 0) is 4.79 Å². The molecule has 1 amide bonds. The number of carbonyl (C=O) groups excluding carboxylic acids is 1. The molecule has 7 heteroatoms. The molecule has 0 unspecified atom stereocenters. The Labute approximate surface area is 147 Å². The van der Waals surface area contributed by atoms with Crippen molar-refractivity contribution in [2.75, 3.05) is 6.61 Å². The third kappa shape index (κ3) is 4.13. The molecule has 0 radical (unpaired) electrons. The van der Waals surface area contributed by atoms with E-state index >= 15 is 0 Å². The number of nitrogens with one attached hydrogen (secondary N) is 1. The molecule has 0 aliphatic rings. The summed E-state index contributed by atoms with van der Waals surface area (Å²) in [6.07, 6.45) is 1.60. The summed E-state index contributed by atoms with van der Waals surface area (Å²) >= 11 is 1.55. The van der Waals surface area contributed by atoms with E-state index in [0.717, 1.165) is 21.4 Å². The zero-order chi connectivity index (χ0) is 17.8. The lowest BCUT2D eigenvalue weighted by atomic mass is 10.1.